The molecule has 1 aliphatic carbocycles. The predicted octanol–water partition coefficient (Wildman–Crippen LogP) is 1.78. The summed E-state index contributed by atoms with van der Waals surface area (Å²) in [5, 5.41) is 3.29. The summed E-state index contributed by atoms with van der Waals surface area (Å²) in [5.41, 5.74) is 6.82. The van der Waals surface area contributed by atoms with E-state index < -0.39 is 15.9 Å². The van der Waals surface area contributed by atoms with Crippen molar-refractivity contribution in [3.8, 4) is 0 Å². The molecule has 2 atom stereocenters. The first kappa shape index (κ1) is 20.3. The minimum atomic E-state index is -3.11. The first-order chi connectivity index (χ1) is 10.3. The Labute approximate surface area is 147 Å². The van der Waals surface area contributed by atoms with Crippen LogP contribution in [0.2, 0.25) is 0 Å². The number of anilines is 1. The molecular weight excluding hydrogens is 358 g/mol. The number of hydrogen-bond donors (Lipinski definition) is 2. The lowest BCUT2D eigenvalue weighted by molar-refractivity contribution is -0.117. The molecule has 0 aromatic carbocycles. The lowest BCUT2D eigenvalue weighted by atomic mass is 9.89. The highest BCUT2D eigenvalue weighted by Gasteiger charge is 2.23. The average Bonchev–Trinajstić information content (AvgIpc) is 2.84. The second kappa shape index (κ2) is 8.41. The van der Waals surface area contributed by atoms with Crippen molar-refractivity contribution in [3.63, 3.8) is 0 Å². The monoisotopic (exact) mass is 381 g/mol. The van der Waals surface area contributed by atoms with Crippen molar-refractivity contribution in [2.45, 2.75) is 45.1 Å². The van der Waals surface area contributed by atoms with Crippen LogP contribution in [0.5, 0.6) is 0 Å². The van der Waals surface area contributed by atoms with E-state index in [2.05, 4.69) is 17.2 Å². The quantitative estimate of drug-likeness (QED) is 0.781. The van der Waals surface area contributed by atoms with Gasteiger partial charge in [0.05, 0.1) is 17.5 Å². The van der Waals surface area contributed by atoms with Crippen LogP contribution >= 0.6 is 23.7 Å². The number of fused-ring (bicyclic) bond motifs is 1. The first-order valence-electron chi connectivity index (χ1n) is 7.51. The van der Waals surface area contributed by atoms with Crippen molar-refractivity contribution in [1.82, 2.24) is 4.98 Å². The Morgan fingerprint density at radius 3 is 2.83 bits per heavy atom. The van der Waals surface area contributed by atoms with Crippen LogP contribution in [0.3, 0.4) is 0 Å². The molecule has 0 aliphatic heterocycles. The van der Waals surface area contributed by atoms with Crippen LogP contribution in [-0.2, 0) is 27.5 Å². The maximum absolute atomic E-state index is 12.0. The third-order valence-electron chi connectivity index (χ3n) is 3.99. The molecule has 1 aromatic heterocycles. The van der Waals surface area contributed by atoms with Gasteiger partial charge in [-0.3, -0.25) is 4.79 Å². The van der Waals surface area contributed by atoms with Crippen molar-refractivity contribution in [2.24, 2.45) is 11.7 Å². The minimum absolute atomic E-state index is 0. The molecule has 23 heavy (non-hydrogen) atoms. The van der Waals surface area contributed by atoms with Crippen molar-refractivity contribution < 1.29 is 13.2 Å². The third kappa shape index (κ3) is 6.02. The molecule has 1 aromatic rings. The Hall–Kier alpha value is -0.700. The van der Waals surface area contributed by atoms with Crippen LogP contribution in [0.4, 0.5) is 5.13 Å². The number of thiazole rings is 1. The topological polar surface area (TPSA) is 102 Å². The molecule has 1 aliphatic rings. The molecule has 1 heterocycles. The second-order valence-corrected chi connectivity index (χ2v) is 9.26. The van der Waals surface area contributed by atoms with E-state index in [1.807, 2.05) is 0 Å². The molecule has 6 nitrogen and oxygen atoms in total. The van der Waals surface area contributed by atoms with Crippen LogP contribution in [0, 0.1) is 5.92 Å². The summed E-state index contributed by atoms with van der Waals surface area (Å²) in [4.78, 5) is 17.7. The van der Waals surface area contributed by atoms with Crippen LogP contribution in [0.1, 0.15) is 36.8 Å². The summed E-state index contributed by atoms with van der Waals surface area (Å²) in [6, 6.07) is -0.834. The van der Waals surface area contributed by atoms with Gasteiger partial charge in [0.1, 0.15) is 9.84 Å². The molecule has 0 spiro atoms. The summed E-state index contributed by atoms with van der Waals surface area (Å²) < 4.78 is 22.2. The zero-order valence-corrected chi connectivity index (χ0v) is 15.8. The molecule has 0 fully saturated rings. The number of halogens is 1. The highest BCUT2D eigenvalue weighted by Crippen LogP contribution is 2.33. The van der Waals surface area contributed by atoms with Gasteiger partial charge in [0.2, 0.25) is 5.91 Å². The summed E-state index contributed by atoms with van der Waals surface area (Å²) >= 11 is 1.51. The van der Waals surface area contributed by atoms with Crippen LogP contribution in [0.25, 0.3) is 0 Å². The molecule has 0 bridgehead atoms. The lowest BCUT2D eigenvalue weighted by Gasteiger charge is -2.18. The van der Waals surface area contributed by atoms with Gasteiger partial charge >= 0.3 is 0 Å². The maximum atomic E-state index is 12.0. The van der Waals surface area contributed by atoms with E-state index in [0.29, 0.717) is 11.0 Å². The molecule has 2 unspecified atom stereocenters. The summed E-state index contributed by atoms with van der Waals surface area (Å²) in [7, 11) is -3.11. The Morgan fingerprint density at radius 1 is 1.52 bits per heavy atom. The molecule has 132 valence electrons. The molecule has 3 N–H and O–H groups in total. The first-order valence-corrected chi connectivity index (χ1v) is 10.4. The Bertz CT molecular complexity index is 646. The van der Waals surface area contributed by atoms with Gasteiger partial charge in [-0.2, -0.15) is 0 Å². The molecule has 0 saturated carbocycles. The SMILES string of the molecule is CCC1CCc2nc(NC(=O)C(N)CCS(C)(=O)=O)sc2C1.Cl. The van der Waals surface area contributed by atoms with E-state index in [4.69, 9.17) is 5.73 Å². The fourth-order valence-electron chi connectivity index (χ4n) is 2.52. The van der Waals surface area contributed by atoms with Gasteiger partial charge in [0, 0.05) is 11.1 Å². The second-order valence-electron chi connectivity index (χ2n) is 5.92. The van der Waals surface area contributed by atoms with Crippen LogP contribution < -0.4 is 11.1 Å². The highest BCUT2D eigenvalue weighted by molar-refractivity contribution is 7.90. The summed E-state index contributed by atoms with van der Waals surface area (Å²) in [6.07, 6.45) is 5.55. The number of carbonyl (C=O) groups is 1. The highest BCUT2D eigenvalue weighted by atomic mass is 35.5. The van der Waals surface area contributed by atoms with Gasteiger partial charge in [-0.05, 0) is 31.6 Å². The Morgan fingerprint density at radius 2 is 2.22 bits per heavy atom. The molecular formula is C14H24ClN3O3S2. The van der Waals surface area contributed by atoms with E-state index in [-0.39, 0.29) is 30.5 Å². The standard InChI is InChI=1S/C14H23N3O3S2.ClH/c1-3-9-4-5-11-12(8-9)21-14(16-11)17-13(18)10(15)6-7-22(2,19)20;/h9-10H,3-8,15H2,1-2H3,(H,16,17,18);1H. The van der Waals surface area contributed by atoms with Crippen molar-refractivity contribution in [3.05, 3.63) is 10.6 Å². The van der Waals surface area contributed by atoms with E-state index in [0.717, 1.165) is 37.6 Å². The predicted molar refractivity (Wildman–Crippen MR) is 96.1 cm³/mol. The van der Waals surface area contributed by atoms with Crippen molar-refractivity contribution >= 4 is 44.6 Å². The molecule has 0 radical (unpaired) electrons. The number of sulfone groups is 1. The van der Waals surface area contributed by atoms with Gasteiger partial charge in [0.25, 0.3) is 0 Å². The minimum Gasteiger partial charge on any atom is -0.320 e. The lowest BCUT2D eigenvalue weighted by Crippen LogP contribution is -2.37. The van der Waals surface area contributed by atoms with Gasteiger partial charge < -0.3 is 11.1 Å². The molecule has 9 heteroatoms. The number of nitrogens with one attached hydrogen (secondary N) is 1. The number of rotatable bonds is 6. The van der Waals surface area contributed by atoms with E-state index >= 15 is 0 Å². The number of carbonyl (C=O) groups excluding carboxylic acids is 1. The number of aryl methyl sites for hydroxylation is 1. The zero-order chi connectivity index (χ0) is 16.3. The largest absolute Gasteiger partial charge is 0.320 e. The van der Waals surface area contributed by atoms with Gasteiger partial charge in [-0.1, -0.05) is 13.3 Å². The average molecular weight is 382 g/mol. The number of hydrogen-bond acceptors (Lipinski definition) is 6. The molecule has 2 rings (SSSR count). The van der Waals surface area contributed by atoms with Crippen molar-refractivity contribution in [1.29, 1.82) is 0 Å². The fourth-order valence-corrected chi connectivity index (χ4v) is 4.32. The smallest absolute Gasteiger partial charge is 0.243 e. The molecule has 0 saturated heterocycles. The molecule has 1 amide bonds. The zero-order valence-electron chi connectivity index (χ0n) is 13.4. The van der Waals surface area contributed by atoms with Gasteiger partial charge in [0.15, 0.2) is 5.13 Å². The van der Waals surface area contributed by atoms with Crippen LogP contribution in [-0.4, -0.2) is 37.4 Å². The summed E-state index contributed by atoms with van der Waals surface area (Å²) in [6.45, 7) is 2.19. The summed E-state index contributed by atoms with van der Waals surface area (Å²) in [5.74, 6) is 0.240. The number of aromatic nitrogens is 1. The third-order valence-corrected chi connectivity index (χ3v) is 6.00. The fraction of sp³-hybridized carbons (Fsp3) is 0.714. The Balaban J connectivity index is 0.00000264. The van der Waals surface area contributed by atoms with E-state index in [1.54, 1.807) is 0 Å². The van der Waals surface area contributed by atoms with Crippen LogP contribution in [0.15, 0.2) is 0 Å². The van der Waals surface area contributed by atoms with E-state index in [9.17, 15) is 13.2 Å². The number of amides is 1. The van der Waals surface area contributed by atoms with E-state index in [1.165, 1.54) is 16.2 Å². The van der Waals surface area contributed by atoms with Gasteiger partial charge in [-0.25, -0.2) is 13.4 Å². The number of nitrogens with two attached hydrogens (primary N) is 1. The van der Waals surface area contributed by atoms with Gasteiger partial charge in [-0.15, -0.1) is 23.7 Å². The normalized spacial score (nSPS) is 18.7. The van der Waals surface area contributed by atoms with Crippen molar-refractivity contribution in [2.75, 3.05) is 17.3 Å². The number of nitrogens with zero attached hydrogens (tertiary/aromatic N) is 1. The Kier molecular flexibility index (Phi) is 7.44. The maximum Gasteiger partial charge on any atom is 0.243 e.